The van der Waals surface area contributed by atoms with Gasteiger partial charge in [0.15, 0.2) is 0 Å². The Kier molecular flexibility index (Phi) is 5.09. The van der Waals surface area contributed by atoms with E-state index in [2.05, 4.69) is 15.4 Å². The average molecular weight is 170 g/mol. The minimum absolute atomic E-state index is 0.244. The van der Waals surface area contributed by atoms with Crippen LogP contribution in [-0.2, 0) is 4.74 Å². The number of carbonyl (C=O) groups is 1. The lowest BCUT2D eigenvalue weighted by Gasteiger charge is -2.04. The Labute approximate surface area is 70.0 Å². The van der Waals surface area contributed by atoms with Gasteiger partial charge in [0.1, 0.15) is 0 Å². The highest BCUT2D eigenvalue weighted by Crippen LogP contribution is 1.72. The summed E-state index contributed by atoms with van der Waals surface area (Å²) in [5, 5.41) is 19.5. The minimum atomic E-state index is -0.544. The summed E-state index contributed by atoms with van der Waals surface area (Å²) in [5.74, 6) is 0. The van der Waals surface area contributed by atoms with E-state index in [1.165, 1.54) is 7.11 Å². The molecule has 0 atom stereocenters. The average Bonchev–Trinajstić information content (AvgIpc) is 2.05. The first-order chi connectivity index (χ1) is 5.70. The summed E-state index contributed by atoms with van der Waals surface area (Å²) < 4.78 is 4.37. The Morgan fingerprint density at radius 3 is 2.92 bits per heavy atom. The molecular formula is C6H10N4O2. The molecule has 0 saturated heterocycles. The summed E-state index contributed by atoms with van der Waals surface area (Å²) in [5.41, 5.74) is 0. The van der Waals surface area contributed by atoms with E-state index in [0.717, 1.165) is 0 Å². The molecule has 0 heterocycles. The molecule has 66 valence electrons. The Hall–Kier alpha value is -1.77. The molecule has 0 aromatic heterocycles. The van der Waals surface area contributed by atoms with E-state index in [4.69, 9.17) is 10.7 Å². The van der Waals surface area contributed by atoms with Gasteiger partial charge in [-0.25, -0.2) is 4.79 Å². The van der Waals surface area contributed by atoms with Crippen molar-refractivity contribution in [1.29, 1.82) is 10.7 Å². The first-order valence-corrected chi connectivity index (χ1v) is 3.25. The summed E-state index contributed by atoms with van der Waals surface area (Å²) in [7, 11) is 1.28. The number of methoxy groups -OCH3 is 1. The number of hydrogen-bond acceptors (Lipinski definition) is 4. The van der Waals surface area contributed by atoms with Gasteiger partial charge >= 0.3 is 6.03 Å². The largest absolute Gasteiger partial charge is 0.468 e. The smallest absolute Gasteiger partial charge is 0.322 e. The van der Waals surface area contributed by atoms with Gasteiger partial charge in [-0.2, -0.15) is 5.26 Å². The molecule has 0 fully saturated rings. The van der Waals surface area contributed by atoms with Gasteiger partial charge in [0.05, 0.1) is 19.6 Å². The molecule has 12 heavy (non-hydrogen) atoms. The molecule has 0 unspecified atom stereocenters. The number of rotatable bonds is 2. The lowest BCUT2D eigenvalue weighted by molar-refractivity contribution is 0.242. The van der Waals surface area contributed by atoms with E-state index in [-0.39, 0.29) is 19.0 Å². The van der Waals surface area contributed by atoms with Gasteiger partial charge in [-0.05, 0) is 0 Å². The second-order valence-electron chi connectivity index (χ2n) is 1.82. The van der Waals surface area contributed by atoms with Crippen LogP contribution < -0.4 is 10.6 Å². The highest BCUT2D eigenvalue weighted by atomic mass is 16.5. The van der Waals surface area contributed by atoms with Gasteiger partial charge in [0.2, 0.25) is 0 Å². The number of amidine groups is 1. The highest BCUT2D eigenvalue weighted by molar-refractivity contribution is 5.91. The molecule has 0 aliphatic rings. The van der Waals surface area contributed by atoms with Crippen LogP contribution >= 0.6 is 0 Å². The molecule has 0 saturated carbocycles. The molecule has 0 aromatic rings. The van der Waals surface area contributed by atoms with E-state index < -0.39 is 6.03 Å². The molecule has 0 aromatic carbocycles. The van der Waals surface area contributed by atoms with Crippen LogP contribution in [-0.4, -0.2) is 25.7 Å². The molecule has 0 aliphatic carbocycles. The molecule has 6 nitrogen and oxygen atoms in total. The van der Waals surface area contributed by atoms with Crippen molar-refractivity contribution in [2.24, 2.45) is 0 Å². The summed E-state index contributed by atoms with van der Waals surface area (Å²) in [6.07, 6.45) is 0.244. The second-order valence-corrected chi connectivity index (χ2v) is 1.82. The number of nitrogens with one attached hydrogen (secondary N) is 3. The van der Waals surface area contributed by atoms with Crippen molar-refractivity contribution in [3.05, 3.63) is 0 Å². The molecule has 6 heteroatoms. The third kappa shape index (κ3) is 5.05. The third-order valence-electron chi connectivity index (χ3n) is 0.954. The lowest BCUT2D eigenvalue weighted by atomic mass is 10.5. The number of nitriles is 1. The molecule has 3 N–H and O–H groups in total. The predicted molar refractivity (Wildman–Crippen MR) is 41.5 cm³/mol. The molecular weight excluding hydrogens is 160 g/mol. The number of amides is 2. The van der Waals surface area contributed by atoms with Crippen molar-refractivity contribution >= 4 is 12.1 Å². The lowest BCUT2D eigenvalue weighted by Crippen LogP contribution is -2.40. The first-order valence-electron chi connectivity index (χ1n) is 3.25. The van der Waals surface area contributed by atoms with Crippen LogP contribution in [0.25, 0.3) is 0 Å². The Bertz CT molecular complexity index is 208. The Morgan fingerprint density at radius 1 is 1.75 bits per heavy atom. The fourth-order valence-corrected chi connectivity index (χ4v) is 0.430. The minimum Gasteiger partial charge on any atom is -0.468 e. The van der Waals surface area contributed by atoms with Gasteiger partial charge in [-0.15, -0.1) is 0 Å². The fraction of sp³-hybridized carbons (Fsp3) is 0.500. The summed E-state index contributed by atoms with van der Waals surface area (Å²) in [4.78, 5) is 10.7. The van der Waals surface area contributed by atoms with E-state index in [0.29, 0.717) is 0 Å². The number of hydrogen-bond donors (Lipinski definition) is 3. The number of ether oxygens (including phenoxy) is 1. The van der Waals surface area contributed by atoms with E-state index in [9.17, 15) is 4.79 Å². The van der Waals surface area contributed by atoms with Crippen molar-refractivity contribution in [1.82, 2.24) is 10.6 Å². The zero-order valence-corrected chi connectivity index (χ0v) is 6.68. The Balaban J connectivity index is 3.48. The first kappa shape index (κ1) is 10.2. The standard InChI is InChI=1S/C6H10N4O2/c1-12-5(8)10-6(11)9-4-2-3-7/h2,4H2,1H3,(H3,8,9,10,11). The van der Waals surface area contributed by atoms with Crippen LogP contribution in [0.15, 0.2) is 0 Å². The molecule has 2 amide bonds. The van der Waals surface area contributed by atoms with Gasteiger partial charge in [-0.3, -0.25) is 10.7 Å². The van der Waals surface area contributed by atoms with Gasteiger partial charge in [0.25, 0.3) is 6.02 Å². The third-order valence-corrected chi connectivity index (χ3v) is 0.954. The number of urea groups is 1. The van der Waals surface area contributed by atoms with Gasteiger partial charge in [-0.1, -0.05) is 0 Å². The number of nitrogens with zero attached hydrogens (tertiary/aromatic N) is 1. The van der Waals surface area contributed by atoms with Crippen LogP contribution in [0.2, 0.25) is 0 Å². The molecule has 0 bridgehead atoms. The fourth-order valence-electron chi connectivity index (χ4n) is 0.430. The van der Waals surface area contributed by atoms with Crippen molar-refractivity contribution < 1.29 is 9.53 Å². The quantitative estimate of drug-likeness (QED) is 0.303. The summed E-state index contributed by atoms with van der Waals surface area (Å²) in [6.45, 7) is 0.263. The summed E-state index contributed by atoms with van der Waals surface area (Å²) >= 11 is 0. The molecule has 0 aliphatic heterocycles. The zero-order chi connectivity index (χ0) is 9.40. The maximum atomic E-state index is 10.7. The zero-order valence-electron chi connectivity index (χ0n) is 6.68. The number of carbonyl (C=O) groups excluding carboxylic acids is 1. The van der Waals surface area contributed by atoms with Crippen LogP contribution in [0.4, 0.5) is 4.79 Å². The molecule has 0 radical (unpaired) electrons. The second kappa shape index (κ2) is 5.97. The van der Waals surface area contributed by atoms with E-state index in [1.807, 2.05) is 6.07 Å². The molecule has 0 rings (SSSR count). The van der Waals surface area contributed by atoms with Gasteiger partial charge in [0, 0.05) is 6.54 Å². The van der Waals surface area contributed by atoms with Gasteiger partial charge < -0.3 is 10.1 Å². The van der Waals surface area contributed by atoms with Crippen molar-refractivity contribution in [3.63, 3.8) is 0 Å². The highest BCUT2D eigenvalue weighted by Gasteiger charge is 2.01. The van der Waals surface area contributed by atoms with Crippen LogP contribution in [0.5, 0.6) is 0 Å². The van der Waals surface area contributed by atoms with Crippen LogP contribution in [0.3, 0.4) is 0 Å². The van der Waals surface area contributed by atoms with E-state index >= 15 is 0 Å². The van der Waals surface area contributed by atoms with Crippen LogP contribution in [0, 0.1) is 16.7 Å². The Morgan fingerprint density at radius 2 is 2.42 bits per heavy atom. The normalized spacial score (nSPS) is 8.00. The van der Waals surface area contributed by atoms with E-state index in [1.54, 1.807) is 0 Å². The SMILES string of the molecule is COC(=N)NC(=O)NCCC#N. The van der Waals surface area contributed by atoms with Crippen molar-refractivity contribution in [2.75, 3.05) is 13.7 Å². The van der Waals surface area contributed by atoms with Crippen molar-refractivity contribution in [3.8, 4) is 6.07 Å². The molecule has 0 spiro atoms. The monoisotopic (exact) mass is 170 g/mol. The van der Waals surface area contributed by atoms with Crippen molar-refractivity contribution in [2.45, 2.75) is 6.42 Å². The summed E-state index contributed by atoms with van der Waals surface area (Å²) in [6, 6.07) is 0.989. The van der Waals surface area contributed by atoms with Crippen LogP contribution in [0.1, 0.15) is 6.42 Å². The maximum Gasteiger partial charge on any atom is 0.322 e. The maximum absolute atomic E-state index is 10.7. The topological polar surface area (TPSA) is 98.0 Å². The predicted octanol–water partition coefficient (Wildman–Crippen LogP) is -0.220.